The molecule has 1 atom stereocenters. The lowest BCUT2D eigenvalue weighted by atomic mass is 10.4. The molecule has 0 heterocycles. The van der Waals surface area contributed by atoms with Gasteiger partial charge in [0.1, 0.15) is 6.61 Å². The molecule has 0 spiro atoms. The highest BCUT2D eigenvalue weighted by molar-refractivity contribution is 7.41. The van der Waals surface area contributed by atoms with Gasteiger partial charge in [0.25, 0.3) is 0 Å². The van der Waals surface area contributed by atoms with Crippen LogP contribution in [0.3, 0.4) is 0 Å². The number of hydrogen-bond acceptors (Lipinski definition) is 6. The summed E-state index contributed by atoms with van der Waals surface area (Å²) in [5.41, 5.74) is 0.342. The first-order valence-electron chi connectivity index (χ1n) is 6.00. The molecule has 0 aromatic carbocycles. The van der Waals surface area contributed by atoms with Crippen molar-refractivity contribution in [3.05, 3.63) is 12.2 Å². The summed E-state index contributed by atoms with van der Waals surface area (Å²) in [5, 5.41) is 8.41. The molecule has 0 amide bonds. The van der Waals surface area contributed by atoms with Gasteiger partial charge in [-0.25, -0.2) is 4.79 Å². The smallest absolute Gasteiger partial charge is 0.333 e. The van der Waals surface area contributed by atoms with Crippen molar-refractivity contribution in [1.29, 1.82) is 5.26 Å². The van der Waals surface area contributed by atoms with E-state index in [1.165, 1.54) is 0 Å². The Hall–Kier alpha value is -0.990. The van der Waals surface area contributed by atoms with Crippen LogP contribution in [0.2, 0.25) is 0 Å². The number of carbonyl (C=O) groups excluding carboxylic acids is 1. The molecule has 0 aromatic heterocycles. The molecule has 0 saturated carbocycles. The highest BCUT2D eigenvalue weighted by Gasteiger charge is 2.12. The van der Waals surface area contributed by atoms with Gasteiger partial charge in [0.2, 0.25) is 0 Å². The lowest BCUT2D eigenvalue weighted by molar-refractivity contribution is -0.139. The molecular formula is C12H20NO5P. The number of carbonyl (C=O) groups is 1. The third-order valence-electron chi connectivity index (χ3n) is 1.67. The van der Waals surface area contributed by atoms with Gasteiger partial charge in [0.05, 0.1) is 32.3 Å². The molecule has 0 aliphatic heterocycles. The second-order valence-electron chi connectivity index (χ2n) is 3.55. The number of esters is 1. The van der Waals surface area contributed by atoms with Crippen LogP contribution in [0.1, 0.15) is 26.7 Å². The average Bonchev–Trinajstić information content (AvgIpc) is 2.39. The number of ether oxygens (including phenoxy) is 1. The van der Waals surface area contributed by atoms with Gasteiger partial charge < -0.3 is 18.3 Å². The molecule has 0 aromatic rings. The predicted molar refractivity (Wildman–Crippen MR) is 71.1 cm³/mol. The molecule has 108 valence electrons. The fourth-order valence-corrected chi connectivity index (χ4v) is 1.83. The Morgan fingerprint density at radius 1 is 1.21 bits per heavy atom. The SMILES string of the molecule is C=C(C)C(=O)OCCOP(OCCC)OCCC#N. The van der Waals surface area contributed by atoms with Gasteiger partial charge in [-0.1, -0.05) is 13.5 Å². The highest BCUT2D eigenvalue weighted by atomic mass is 31.2. The van der Waals surface area contributed by atoms with E-state index in [9.17, 15) is 4.79 Å². The Kier molecular flexibility index (Phi) is 11.4. The van der Waals surface area contributed by atoms with Crippen LogP contribution in [0.15, 0.2) is 12.2 Å². The number of nitrogens with zero attached hydrogens (tertiary/aromatic N) is 1. The maximum absolute atomic E-state index is 11.1. The zero-order valence-electron chi connectivity index (χ0n) is 11.4. The molecule has 7 heteroatoms. The molecule has 6 nitrogen and oxygen atoms in total. The fourth-order valence-electron chi connectivity index (χ4n) is 0.813. The first-order chi connectivity index (χ1) is 9.11. The molecule has 1 unspecified atom stereocenters. The lowest BCUT2D eigenvalue weighted by Crippen LogP contribution is -2.10. The Balaban J connectivity index is 3.81. The second-order valence-corrected chi connectivity index (χ2v) is 4.77. The minimum absolute atomic E-state index is 0.113. The van der Waals surface area contributed by atoms with Crippen LogP contribution >= 0.6 is 8.60 Å². The van der Waals surface area contributed by atoms with Crippen molar-refractivity contribution in [2.75, 3.05) is 26.4 Å². The van der Waals surface area contributed by atoms with Crippen molar-refractivity contribution in [1.82, 2.24) is 0 Å². The summed E-state index contributed by atoms with van der Waals surface area (Å²) in [6.45, 7) is 8.09. The Morgan fingerprint density at radius 2 is 1.84 bits per heavy atom. The van der Waals surface area contributed by atoms with Crippen molar-refractivity contribution in [3.63, 3.8) is 0 Å². The number of nitriles is 1. The standard InChI is InChI=1S/C12H20NO5P/c1-4-7-16-19(17-8-5-6-13)18-10-9-15-12(14)11(2)3/h2,4-5,7-10H2,1,3H3. The van der Waals surface area contributed by atoms with E-state index in [0.29, 0.717) is 12.2 Å². The zero-order valence-corrected chi connectivity index (χ0v) is 12.3. The van der Waals surface area contributed by atoms with Crippen LogP contribution in [0, 0.1) is 11.3 Å². The van der Waals surface area contributed by atoms with Gasteiger partial charge in [-0.3, -0.25) is 0 Å². The van der Waals surface area contributed by atoms with Crippen LogP contribution in [0.25, 0.3) is 0 Å². The predicted octanol–water partition coefficient (Wildman–Crippen LogP) is 2.71. The van der Waals surface area contributed by atoms with Gasteiger partial charge in [0, 0.05) is 5.57 Å². The van der Waals surface area contributed by atoms with E-state index in [1.807, 2.05) is 13.0 Å². The molecular weight excluding hydrogens is 269 g/mol. The summed E-state index contributed by atoms with van der Waals surface area (Å²) in [4.78, 5) is 11.1. The van der Waals surface area contributed by atoms with Gasteiger partial charge in [0.15, 0.2) is 0 Å². The summed E-state index contributed by atoms with van der Waals surface area (Å²) in [5.74, 6) is -0.451. The third kappa shape index (κ3) is 10.6. The Bertz CT molecular complexity index is 316. The molecule has 0 aliphatic rings. The van der Waals surface area contributed by atoms with Crippen LogP contribution in [0.5, 0.6) is 0 Å². The Labute approximate surface area is 115 Å². The Morgan fingerprint density at radius 3 is 2.42 bits per heavy atom. The average molecular weight is 289 g/mol. The molecule has 0 saturated heterocycles. The number of hydrogen-bond donors (Lipinski definition) is 0. The van der Waals surface area contributed by atoms with Crippen molar-refractivity contribution in [2.45, 2.75) is 26.7 Å². The normalized spacial score (nSPS) is 11.6. The van der Waals surface area contributed by atoms with Crippen molar-refractivity contribution in [2.24, 2.45) is 0 Å². The van der Waals surface area contributed by atoms with E-state index in [1.54, 1.807) is 6.92 Å². The summed E-state index contributed by atoms with van der Waals surface area (Å²) in [7, 11) is -1.49. The lowest BCUT2D eigenvalue weighted by Gasteiger charge is -2.15. The molecule has 0 bridgehead atoms. The van der Waals surface area contributed by atoms with Gasteiger partial charge in [-0.15, -0.1) is 0 Å². The van der Waals surface area contributed by atoms with Crippen molar-refractivity contribution >= 4 is 14.6 Å². The van der Waals surface area contributed by atoms with Crippen LogP contribution in [-0.2, 0) is 23.1 Å². The maximum atomic E-state index is 11.1. The fraction of sp³-hybridized carbons (Fsp3) is 0.667. The van der Waals surface area contributed by atoms with Crippen LogP contribution in [0.4, 0.5) is 0 Å². The van der Waals surface area contributed by atoms with Crippen molar-refractivity contribution < 1.29 is 23.1 Å². The van der Waals surface area contributed by atoms with Gasteiger partial charge in [-0.05, 0) is 13.3 Å². The van der Waals surface area contributed by atoms with E-state index in [4.69, 9.17) is 23.6 Å². The van der Waals surface area contributed by atoms with E-state index in [0.717, 1.165) is 6.42 Å². The third-order valence-corrected chi connectivity index (χ3v) is 2.85. The molecule has 0 radical (unpaired) electrons. The largest absolute Gasteiger partial charge is 0.460 e. The topological polar surface area (TPSA) is 77.8 Å². The molecule has 0 fully saturated rings. The molecule has 19 heavy (non-hydrogen) atoms. The minimum Gasteiger partial charge on any atom is -0.460 e. The van der Waals surface area contributed by atoms with Gasteiger partial charge >= 0.3 is 14.6 Å². The van der Waals surface area contributed by atoms with E-state index >= 15 is 0 Å². The first-order valence-corrected chi connectivity index (χ1v) is 7.09. The monoisotopic (exact) mass is 289 g/mol. The minimum atomic E-state index is -1.49. The summed E-state index contributed by atoms with van der Waals surface area (Å²) >= 11 is 0. The first kappa shape index (κ1) is 18.0. The van der Waals surface area contributed by atoms with E-state index in [2.05, 4.69) is 6.58 Å². The summed E-state index contributed by atoms with van der Waals surface area (Å²) in [6, 6.07) is 1.97. The van der Waals surface area contributed by atoms with E-state index in [-0.39, 0.29) is 26.2 Å². The zero-order chi connectivity index (χ0) is 14.5. The quantitative estimate of drug-likeness (QED) is 0.252. The van der Waals surface area contributed by atoms with E-state index < -0.39 is 14.6 Å². The maximum Gasteiger partial charge on any atom is 0.333 e. The number of rotatable bonds is 11. The van der Waals surface area contributed by atoms with Crippen molar-refractivity contribution in [3.8, 4) is 6.07 Å². The molecule has 0 rings (SSSR count). The second kappa shape index (κ2) is 12.1. The summed E-state index contributed by atoms with van der Waals surface area (Å²) < 4.78 is 20.8. The summed E-state index contributed by atoms with van der Waals surface area (Å²) in [6.07, 6.45) is 1.12. The van der Waals surface area contributed by atoms with Gasteiger partial charge in [-0.2, -0.15) is 5.26 Å². The van der Waals surface area contributed by atoms with Crippen LogP contribution < -0.4 is 0 Å². The molecule has 0 N–H and O–H groups in total. The molecule has 0 aliphatic carbocycles. The highest BCUT2D eigenvalue weighted by Crippen LogP contribution is 2.39. The van der Waals surface area contributed by atoms with Crippen LogP contribution in [-0.4, -0.2) is 32.4 Å².